The molecule has 196 valence electrons. The van der Waals surface area contributed by atoms with Crippen LogP contribution in [0.5, 0.6) is 0 Å². The van der Waals surface area contributed by atoms with Crippen LogP contribution in [0.15, 0.2) is 82.6 Å². The first-order chi connectivity index (χ1) is 17.5. The lowest BCUT2D eigenvalue weighted by atomic mass is 10.1. The number of rotatable bonds is 7. The van der Waals surface area contributed by atoms with Crippen molar-refractivity contribution in [3.8, 4) is 0 Å². The fraction of sp³-hybridized carbons (Fsp3) is 0.308. The molecule has 0 aliphatic carbocycles. The molecule has 1 atom stereocenters. The molecule has 1 fully saturated rings. The zero-order valence-corrected chi connectivity index (χ0v) is 22.3. The summed E-state index contributed by atoms with van der Waals surface area (Å²) in [5.41, 5.74) is 2.46. The Balaban J connectivity index is 1.71. The first-order valence-electron chi connectivity index (χ1n) is 11.9. The van der Waals surface area contributed by atoms with Gasteiger partial charge in [-0.2, -0.15) is 8.61 Å². The summed E-state index contributed by atoms with van der Waals surface area (Å²) in [4.78, 5) is 10.9. The number of aryl methyl sites for hydroxylation is 2. The Morgan fingerprint density at radius 2 is 1.30 bits per heavy atom. The lowest BCUT2D eigenvalue weighted by molar-refractivity contribution is -0.384. The van der Waals surface area contributed by atoms with Crippen molar-refractivity contribution in [3.63, 3.8) is 0 Å². The Bertz CT molecular complexity index is 1470. The highest BCUT2D eigenvalue weighted by Crippen LogP contribution is 2.27. The second-order valence-electron chi connectivity index (χ2n) is 9.24. The van der Waals surface area contributed by atoms with Gasteiger partial charge < -0.3 is 0 Å². The van der Waals surface area contributed by atoms with E-state index < -0.39 is 31.0 Å². The highest BCUT2D eigenvalue weighted by atomic mass is 32.2. The first-order valence-corrected chi connectivity index (χ1v) is 14.7. The van der Waals surface area contributed by atoms with Gasteiger partial charge in [0.15, 0.2) is 0 Å². The molecule has 37 heavy (non-hydrogen) atoms. The minimum atomic E-state index is -3.93. The Labute approximate surface area is 217 Å². The fourth-order valence-corrected chi connectivity index (χ4v) is 7.60. The predicted octanol–water partition coefficient (Wildman–Crippen LogP) is 3.91. The number of sulfonamides is 2. The summed E-state index contributed by atoms with van der Waals surface area (Å²) in [7, 11) is -7.79. The van der Waals surface area contributed by atoms with Crippen LogP contribution in [-0.4, -0.2) is 56.0 Å². The molecule has 0 spiro atoms. The highest BCUT2D eigenvalue weighted by Gasteiger charge is 2.38. The minimum absolute atomic E-state index is 0.0434. The normalized spacial score (nSPS) is 17.8. The van der Waals surface area contributed by atoms with Crippen LogP contribution in [0.25, 0.3) is 0 Å². The topological polar surface area (TPSA) is 118 Å². The number of nitro benzene ring substituents is 1. The third kappa shape index (κ3) is 5.90. The molecule has 3 aromatic carbocycles. The Kier molecular flexibility index (Phi) is 7.79. The standard InChI is InChI=1S/C26H29N3O6S2/c1-20-4-12-25(13-5-20)36(32,33)27-16-3-17-28(37(34,35)26-14-6-21(2)7-15-26)24(19-27)18-22-8-10-23(11-9-22)29(30)31/h4-15,24H,3,16-19H2,1-2H3. The van der Waals surface area contributed by atoms with Gasteiger partial charge in [0.05, 0.1) is 14.7 Å². The highest BCUT2D eigenvalue weighted by molar-refractivity contribution is 7.89. The van der Waals surface area contributed by atoms with Gasteiger partial charge in [-0.1, -0.05) is 47.5 Å². The van der Waals surface area contributed by atoms with E-state index in [0.717, 1.165) is 11.1 Å². The van der Waals surface area contributed by atoms with Crippen LogP contribution in [0.3, 0.4) is 0 Å². The molecule has 1 aliphatic heterocycles. The Morgan fingerprint density at radius 1 is 0.784 bits per heavy atom. The molecule has 1 heterocycles. The van der Waals surface area contributed by atoms with Crippen molar-refractivity contribution in [2.45, 2.75) is 42.5 Å². The zero-order chi connectivity index (χ0) is 26.8. The van der Waals surface area contributed by atoms with Crippen molar-refractivity contribution in [2.24, 2.45) is 0 Å². The molecule has 1 unspecified atom stereocenters. The van der Waals surface area contributed by atoms with Crippen LogP contribution >= 0.6 is 0 Å². The number of nitrogens with zero attached hydrogens (tertiary/aromatic N) is 3. The molecule has 11 heteroatoms. The summed E-state index contributed by atoms with van der Waals surface area (Å²) in [6, 6.07) is 18.3. The molecular weight excluding hydrogens is 514 g/mol. The van der Waals surface area contributed by atoms with Crippen molar-refractivity contribution >= 4 is 25.7 Å². The molecule has 4 rings (SSSR count). The van der Waals surface area contributed by atoms with Gasteiger partial charge in [-0.25, -0.2) is 16.8 Å². The molecule has 1 aliphatic rings. The molecule has 9 nitrogen and oxygen atoms in total. The first kappa shape index (κ1) is 26.9. The largest absolute Gasteiger partial charge is 0.269 e. The molecule has 1 saturated heterocycles. The molecule has 0 N–H and O–H groups in total. The third-order valence-electron chi connectivity index (χ3n) is 6.51. The van der Waals surface area contributed by atoms with Crippen LogP contribution in [0.2, 0.25) is 0 Å². The van der Waals surface area contributed by atoms with Crippen molar-refractivity contribution in [3.05, 3.63) is 99.6 Å². The Morgan fingerprint density at radius 3 is 1.81 bits per heavy atom. The average molecular weight is 544 g/mol. The maximum absolute atomic E-state index is 13.7. The van der Waals surface area contributed by atoms with Gasteiger partial charge in [0.2, 0.25) is 20.0 Å². The van der Waals surface area contributed by atoms with E-state index in [4.69, 9.17) is 0 Å². The minimum Gasteiger partial charge on any atom is -0.258 e. The van der Waals surface area contributed by atoms with E-state index in [0.29, 0.717) is 12.0 Å². The second kappa shape index (κ2) is 10.7. The van der Waals surface area contributed by atoms with E-state index in [9.17, 15) is 26.9 Å². The second-order valence-corrected chi connectivity index (χ2v) is 13.1. The van der Waals surface area contributed by atoms with Gasteiger partial charge in [-0.05, 0) is 56.5 Å². The maximum Gasteiger partial charge on any atom is 0.269 e. The summed E-state index contributed by atoms with van der Waals surface area (Å²) in [6.07, 6.45) is 0.524. The van der Waals surface area contributed by atoms with Crippen LogP contribution in [0.1, 0.15) is 23.1 Å². The van der Waals surface area contributed by atoms with Gasteiger partial charge in [0, 0.05) is 37.8 Å². The summed E-state index contributed by atoms with van der Waals surface area (Å²) >= 11 is 0. The number of benzene rings is 3. The number of hydrogen-bond acceptors (Lipinski definition) is 6. The predicted molar refractivity (Wildman–Crippen MR) is 140 cm³/mol. The van der Waals surface area contributed by atoms with Crippen molar-refractivity contribution in [1.29, 1.82) is 0 Å². The average Bonchev–Trinajstić information content (AvgIpc) is 3.08. The molecule has 0 radical (unpaired) electrons. The fourth-order valence-electron chi connectivity index (χ4n) is 4.43. The quantitative estimate of drug-likeness (QED) is 0.329. The van der Waals surface area contributed by atoms with Crippen LogP contribution < -0.4 is 0 Å². The van der Waals surface area contributed by atoms with E-state index >= 15 is 0 Å². The molecule has 0 bridgehead atoms. The lowest BCUT2D eigenvalue weighted by Gasteiger charge is -2.31. The summed E-state index contributed by atoms with van der Waals surface area (Å²) in [6.45, 7) is 4.02. The third-order valence-corrected chi connectivity index (χ3v) is 10.4. The number of nitro groups is 1. The molecule has 0 saturated carbocycles. The van der Waals surface area contributed by atoms with E-state index in [2.05, 4.69) is 0 Å². The molecule has 0 amide bonds. The van der Waals surface area contributed by atoms with Gasteiger partial charge in [0.25, 0.3) is 5.69 Å². The molecular formula is C26H29N3O6S2. The SMILES string of the molecule is Cc1ccc(S(=O)(=O)N2CCCN(S(=O)(=O)c3ccc(C)cc3)C(Cc3ccc([N+](=O)[O-])cc3)C2)cc1. The lowest BCUT2D eigenvalue weighted by Crippen LogP contribution is -2.46. The van der Waals surface area contributed by atoms with Gasteiger partial charge in [0.1, 0.15) is 0 Å². The molecule has 3 aromatic rings. The van der Waals surface area contributed by atoms with E-state index in [1.165, 1.54) is 20.7 Å². The maximum atomic E-state index is 13.7. The van der Waals surface area contributed by atoms with Crippen LogP contribution in [-0.2, 0) is 26.5 Å². The van der Waals surface area contributed by atoms with E-state index in [1.54, 1.807) is 60.7 Å². The van der Waals surface area contributed by atoms with Crippen molar-refractivity contribution in [2.75, 3.05) is 19.6 Å². The summed E-state index contributed by atoms with van der Waals surface area (Å²) in [5, 5.41) is 11.1. The van der Waals surface area contributed by atoms with Gasteiger partial charge in [-0.3, -0.25) is 10.1 Å². The molecule has 0 aromatic heterocycles. The van der Waals surface area contributed by atoms with Gasteiger partial charge >= 0.3 is 0 Å². The van der Waals surface area contributed by atoms with Gasteiger partial charge in [-0.15, -0.1) is 0 Å². The van der Waals surface area contributed by atoms with E-state index in [-0.39, 0.29) is 41.5 Å². The monoisotopic (exact) mass is 543 g/mol. The summed E-state index contributed by atoms with van der Waals surface area (Å²) < 4.78 is 57.2. The Hall–Kier alpha value is -3.12. The van der Waals surface area contributed by atoms with E-state index in [1.807, 2.05) is 13.8 Å². The van der Waals surface area contributed by atoms with Crippen molar-refractivity contribution < 1.29 is 21.8 Å². The summed E-state index contributed by atoms with van der Waals surface area (Å²) in [5.74, 6) is 0. The van der Waals surface area contributed by atoms with Crippen LogP contribution in [0.4, 0.5) is 5.69 Å². The number of non-ortho nitro benzene ring substituents is 1. The van der Waals surface area contributed by atoms with Crippen LogP contribution in [0, 0.1) is 24.0 Å². The smallest absolute Gasteiger partial charge is 0.258 e. The number of hydrogen-bond donors (Lipinski definition) is 0. The van der Waals surface area contributed by atoms with Crippen molar-refractivity contribution in [1.82, 2.24) is 8.61 Å². The zero-order valence-electron chi connectivity index (χ0n) is 20.6.